The summed E-state index contributed by atoms with van der Waals surface area (Å²) in [5.41, 5.74) is 2.08. The number of benzene rings is 1. The van der Waals surface area contributed by atoms with E-state index in [2.05, 4.69) is 20.2 Å². The Morgan fingerprint density at radius 1 is 1.20 bits per heavy atom. The minimum absolute atomic E-state index is 0.340. The number of aryl methyl sites for hydroxylation is 1. The molecule has 6 nitrogen and oxygen atoms in total. The molecule has 1 N–H and O–H groups in total. The molecule has 0 bridgehead atoms. The molecule has 1 aromatic carbocycles. The molecule has 1 aliphatic rings. The molecule has 2 aromatic rings. The topological polar surface area (TPSA) is 67.3 Å². The Kier molecular flexibility index (Phi) is 5.48. The first-order chi connectivity index (χ1) is 12.2. The van der Waals surface area contributed by atoms with E-state index in [1.807, 2.05) is 31.2 Å². The van der Waals surface area contributed by atoms with E-state index in [0.717, 1.165) is 24.7 Å². The number of piperidine rings is 1. The van der Waals surface area contributed by atoms with Crippen LogP contribution in [0.5, 0.6) is 0 Å². The number of ether oxygens (including phenoxy) is 1. The monoisotopic (exact) mass is 340 g/mol. The smallest absolute Gasteiger partial charge is 0.340 e. The van der Waals surface area contributed by atoms with Gasteiger partial charge in [0.05, 0.1) is 17.9 Å². The number of carbonyl (C=O) groups excluding carboxylic acids is 1. The Balaban J connectivity index is 1.86. The Hall–Kier alpha value is -2.63. The number of hydrogen-bond acceptors (Lipinski definition) is 6. The zero-order valence-electron chi connectivity index (χ0n) is 14.8. The maximum absolute atomic E-state index is 12.1. The van der Waals surface area contributed by atoms with Crippen molar-refractivity contribution >= 4 is 23.4 Å². The molecule has 1 aromatic heterocycles. The van der Waals surface area contributed by atoms with Gasteiger partial charge in [0.2, 0.25) is 5.95 Å². The van der Waals surface area contributed by atoms with Gasteiger partial charge in [-0.3, -0.25) is 0 Å². The van der Waals surface area contributed by atoms with Crippen molar-refractivity contribution in [3.63, 3.8) is 0 Å². The number of carbonyl (C=O) groups is 1. The number of anilines is 3. The lowest BCUT2D eigenvalue weighted by Crippen LogP contribution is -2.31. The van der Waals surface area contributed by atoms with E-state index in [4.69, 9.17) is 4.74 Å². The summed E-state index contributed by atoms with van der Waals surface area (Å²) in [6.07, 6.45) is 3.61. The molecule has 0 unspecified atom stereocenters. The number of aromatic nitrogens is 2. The number of para-hydroxylation sites is 1. The predicted molar refractivity (Wildman–Crippen MR) is 98.5 cm³/mol. The maximum atomic E-state index is 12.1. The quantitative estimate of drug-likeness (QED) is 0.837. The van der Waals surface area contributed by atoms with Crippen LogP contribution < -0.4 is 10.2 Å². The number of esters is 1. The highest BCUT2D eigenvalue weighted by atomic mass is 16.5. The largest absolute Gasteiger partial charge is 0.462 e. The average Bonchev–Trinajstić information content (AvgIpc) is 2.62. The van der Waals surface area contributed by atoms with Gasteiger partial charge in [-0.2, -0.15) is 4.98 Å². The highest BCUT2D eigenvalue weighted by Crippen LogP contribution is 2.23. The van der Waals surface area contributed by atoms with E-state index < -0.39 is 0 Å². The zero-order chi connectivity index (χ0) is 17.6. The zero-order valence-corrected chi connectivity index (χ0v) is 14.8. The Bertz CT molecular complexity index is 742. The third-order valence-corrected chi connectivity index (χ3v) is 4.17. The summed E-state index contributed by atoms with van der Waals surface area (Å²) in [7, 11) is 0. The van der Waals surface area contributed by atoms with Crippen molar-refractivity contribution in [3.8, 4) is 0 Å². The van der Waals surface area contributed by atoms with Gasteiger partial charge in [0.25, 0.3) is 0 Å². The van der Waals surface area contributed by atoms with Crippen LogP contribution in [0.4, 0.5) is 17.5 Å². The van der Waals surface area contributed by atoms with Gasteiger partial charge in [-0.15, -0.1) is 0 Å². The van der Waals surface area contributed by atoms with Crippen molar-refractivity contribution in [2.24, 2.45) is 0 Å². The van der Waals surface area contributed by atoms with E-state index in [-0.39, 0.29) is 5.97 Å². The molecule has 0 amide bonds. The number of nitrogens with one attached hydrogen (secondary N) is 1. The molecule has 0 radical (unpaired) electrons. The van der Waals surface area contributed by atoms with Crippen LogP contribution in [0.1, 0.15) is 42.2 Å². The van der Waals surface area contributed by atoms with Gasteiger partial charge in [0.1, 0.15) is 5.82 Å². The maximum Gasteiger partial charge on any atom is 0.340 e. The first-order valence-electron chi connectivity index (χ1n) is 8.81. The first-order valence-corrected chi connectivity index (χ1v) is 8.81. The molecule has 3 rings (SSSR count). The van der Waals surface area contributed by atoms with E-state index in [0.29, 0.717) is 23.7 Å². The van der Waals surface area contributed by atoms with Crippen LogP contribution in [0, 0.1) is 6.92 Å². The van der Waals surface area contributed by atoms with Gasteiger partial charge in [-0.25, -0.2) is 9.78 Å². The van der Waals surface area contributed by atoms with E-state index >= 15 is 0 Å². The predicted octanol–water partition coefficient (Wildman–Crippen LogP) is 3.70. The lowest BCUT2D eigenvalue weighted by Gasteiger charge is -2.27. The molecule has 1 aliphatic heterocycles. The van der Waals surface area contributed by atoms with Gasteiger partial charge in [-0.05, 0) is 45.2 Å². The normalized spacial score (nSPS) is 14.2. The Morgan fingerprint density at radius 3 is 2.72 bits per heavy atom. The van der Waals surface area contributed by atoms with Crippen molar-refractivity contribution in [3.05, 3.63) is 41.6 Å². The van der Waals surface area contributed by atoms with Crippen LogP contribution in [-0.2, 0) is 4.74 Å². The summed E-state index contributed by atoms with van der Waals surface area (Å²) in [5.74, 6) is 1.09. The SMILES string of the molecule is CCOC(=O)c1ccccc1Nc1cc(C)nc(N2CCCCC2)n1. The third-order valence-electron chi connectivity index (χ3n) is 4.17. The van der Waals surface area contributed by atoms with E-state index in [1.165, 1.54) is 19.3 Å². The van der Waals surface area contributed by atoms with Crippen LogP contribution in [0.15, 0.2) is 30.3 Å². The Morgan fingerprint density at radius 2 is 1.96 bits per heavy atom. The summed E-state index contributed by atoms with van der Waals surface area (Å²) >= 11 is 0. The number of rotatable bonds is 5. The Labute approximate surface area is 148 Å². The van der Waals surface area contributed by atoms with Crippen LogP contribution >= 0.6 is 0 Å². The van der Waals surface area contributed by atoms with Crippen molar-refractivity contribution < 1.29 is 9.53 Å². The molecule has 25 heavy (non-hydrogen) atoms. The fraction of sp³-hybridized carbons (Fsp3) is 0.421. The summed E-state index contributed by atoms with van der Waals surface area (Å²) in [5, 5.41) is 3.25. The first kappa shape index (κ1) is 17.2. The van der Waals surface area contributed by atoms with Crippen LogP contribution in [0.25, 0.3) is 0 Å². The summed E-state index contributed by atoms with van der Waals surface area (Å²) in [6.45, 7) is 6.08. The molecule has 0 saturated carbocycles. The van der Waals surface area contributed by atoms with Crippen LogP contribution in [0.3, 0.4) is 0 Å². The van der Waals surface area contributed by atoms with Crippen molar-refractivity contribution in [2.75, 3.05) is 29.9 Å². The third kappa shape index (κ3) is 4.26. The standard InChI is InChI=1S/C19H24N4O2/c1-3-25-18(24)15-9-5-6-10-16(15)21-17-13-14(2)20-19(22-17)23-11-7-4-8-12-23/h5-6,9-10,13H,3-4,7-8,11-12H2,1-2H3,(H,20,21,22). The van der Waals surface area contributed by atoms with Crippen LogP contribution in [-0.4, -0.2) is 35.6 Å². The molecular formula is C19H24N4O2. The fourth-order valence-electron chi connectivity index (χ4n) is 2.97. The fourth-order valence-corrected chi connectivity index (χ4v) is 2.97. The van der Waals surface area contributed by atoms with Gasteiger partial charge in [-0.1, -0.05) is 12.1 Å². The van der Waals surface area contributed by atoms with Crippen molar-refractivity contribution in [1.29, 1.82) is 0 Å². The number of hydrogen-bond donors (Lipinski definition) is 1. The molecule has 6 heteroatoms. The highest BCUT2D eigenvalue weighted by Gasteiger charge is 2.16. The molecule has 0 aliphatic carbocycles. The average molecular weight is 340 g/mol. The van der Waals surface area contributed by atoms with Gasteiger partial charge < -0.3 is 15.0 Å². The van der Waals surface area contributed by atoms with Crippen LogP contribution in [0.2, 0.25) is 0 Å². The molecular weight excluding hydrogens is 316 g/mol. The lowest BCUT2D eigenvalue weighted by atomic mass is 10.1. The second-order valence-electron chi connectivity index (χ2n) is 6.13. The lowest BCUT2D eigenvalue weighted by molar-refractivity contribution is 0.0527. The highest BCUT2D eigenvalue weighted by molar-refractivity contribution is 5.96. The molecule has 2 heterocycles. The number of nitrogens with zero attached hydrogens (tertiary/aromatic N) is 3. The summed E-state index contributed by atoms with van der Waals surface area (Å²) in [4.78, 5) is 23.6. The molecule has 0 spiro atoms. The molecule has 0 atom stereocenters. The minimum atomic E-state index is -0.340. The molecule has 1 saturated heterocycles. The minimum Gasteiger partial charge on any atom is -0.462 e. The van der Waals surface area contributed by atoms with Crippen molar-refractivity contribution in [2.45, 2.75) is 33.1 Å². The summed E-state index contributed by atoms with van der Waals surface area (Å²) in [6, 6.07) is 9.19. The van der Waals surface area contributed by atoms with Crippen molar-refractivity contribution in [1.82, 2.24) is 9.97 Å². The second-order valence-corrected chi connectivity index (χ2v) is 6.13. The molecule has 1 fully saturated rings. The summed E-state index contributed by atoms with van der Waals surface area (Å²) < 4.78 is 5.13. The van der Waals surface area contributed by atoms with E-state index in [9.17, 15) is 4.79 Å². The van der Waals surface area contributed by atoms with E-state index in [1.54, 1.807) is 13.0 Å². The molecule has 132 valence electrons. The van der Waals surface area contributed by atoms with Gasteiger partial charge in [0, 0.05) is 24.8 Å². The van der Waals surface area contributed by atoms with Gasteiger partial charge in [0.15, 0.2) is 0 Å². The second kappa shape index (κ2) is 7.96. The van der Waals surface area contributed by atoms with Gasteiger partial charge >= 0.3 is 5.97 Å².